The zero-order valence-corrected chi connectivity index (χ0v) is 13.6. The number of alkyl halides is 3. The second-order valence-electron chi connectivity index (χ2n) is 4.95. The van der Waals surface area contributed by atoms with Gasteiger partial charge in [0.15, 0.2) is 0 Å². The molecule has 24 heavy (non-hydrogen) atoms. The second-order valence-corrected chi connectivity index (χ2v) is 5.72. The molecule has 1 atom stereocenters. The lowest BCUT2D eigenvalue weighted by atomic mass is 10.2. The summed E-state index contributed by atoms with van der Waals surface area (Å²) in [5.74, 6) is -0.762. The van der Waals surface area contributed by atoms with E-state index >= 15 is 0 Å². The number of fused-ring (bicyclic) bond motifs is 2. The van der Waals surface area contributed by atoms with Gasteiger partial charge in [0.2, 0.25) is 5.76 Å². The third-order valence-electron chi connectivity index (χ3n) is 3.20. The van der Waals surface area contributed by atoms with Crippen LogP contribution in [0.4, 0.5) is 13.2 Å². The SMILES string of the molecule is CS/C1=N/N=C(C)/C=C(/C(F)(F)F)OC2Oc3ccccc3C=[N+]12. The molecule has 0 fully saturated rings. The molecule has 2 aliphatic rings. The highest BCUT2D eigenvalue weighted by atomic mass is 32.2. The summed E-state index contributed by atoms with van der Waals surface area (Å²) in [6.45, 7) is 1.42. The van der Waals surface area contributed by atoms with E-state index in [2.05, 4.69) is 10.2 Å². The number of hydrogen-bond donors (Lipinski definition) is 0. The van der Waals surface area contributed by atoms with Crippen molar-refractivity contribution in [1.29, 1.82) is 0 Å². The summed E-state index contributed by atoms with van der Waals surface area (Å²) in [4.78, 5) is 0. The molecule has 0 aliphatic carbocycles. The lowest BCUT2D eigenvalue weighted by Crippen LogP contribution is -2.42. The van der Waals surface area contributed by atoms with E-state index in [-0.39, 0.29) is 5.71 Å². The van der Waals surface area contributed by atoms with Gasteiger partial charge >= 0.3 is 17.8 Å². The van der Waals surface area contributed by atoms with Gasteiger partial charge in [-0.25, -0.2) is 0 Å². The number of ether oxygens (including phenoxy) is 2. The predicted molar refractivity (Wildman–Crippen MR) is 85.6 cm³/mol. The fourth-order valence-electron chi connectivity index (χ4n) is 2.13. The Labute approximate surface area is 140 Å². The molecule has 0 spiro atoms. The molecule has 0 aromatic heterocycles. The maximum atomic E-state index is 13.2. The maximum absolute atomic E-state index is 13.2. The van der Waals surface area contributed by atoms with Crippen LogP contribution in [0, 0.1) is 0 Å². The molecule has 0 saturated heterocycles. The zero-order chi connectivity index (χ0) is 17.3. The molecule has 0 bridgehead atoms. The molecule has 1 aromatic rings. The van der Waals surface area contributed by atoms with Gasteiger partial charge in [0.25, 0.3) is 0 Å². The number of thioether (sulfide) groups is 1. The van der Waals surface area contributed by atoms with Crippen LogP contribution < -0.4 is 4.74 Å². The summed E-state index contributed by atoms with van der Waals surface area (Å²) in [6.07, 6.45) is -1.84. The van der Waals surface area contributed by atoms with E-state index in [9.17, 15) is 13.2 Å². The van der Waals surface area contributed by atoms with E-state index < -0.39 is 18.3 Å². The summed E-state index contributed by atoms with van der Waals surface area (Å²) in [5.41, 5.74) is 0.780. The van der Waals surface area contributed by atoms with Gasteiger partial charge < -0.3 is 9.47 Å². The molecule has 126 valence electrons. The molecule has 0 saturated carbocycles. The van der Waals surface area contributed by atoms with Gasteiger partial charge in [0, 0.05) is 6.08 Å². The quantitative estimate of drug-likeness (QED) is 0.670. The first-order valence-electron chi connectivity index (χ1n) is 6.89. The van der Waals surface area contributed by atoms with Crippen molar-refractivity contribution >= 4 is 28.9 Å². The van der Waals surface area contributed by atoms with Gasteiger partial charge in [0.05, 0.1) is 16.4 Å². The van der Waals surface area contributed by atoms with Crippen LogP contribution in [0.5, 0.6) is 5.75 Å². The Kier molecular flexibility index (Phi) is 4.35. The van der Waals surface area contributed by atoms with Gasteiger partial charge in [-0.3, -0.25) is 0 Å². The van der Waals surface area contributed by atoms with Gasteiger partial charge in [-0.1, -0.05) is 12.1 Å². The normalized spacial score (nSPS) is 27.0. The van der Waals surface area contributed by atoms with Crippen LogP contribution in [-0.2, 0) is 4.74 Å². The largest absolute Gasteiger partial charge is 0.449 e. The van der Waals surface area contributed by atoms with Crippen LogP contribution in [0.3, 0.4) is 0 Å². The number of benzene rings is 1. The Morgan fingerprint density at radius 2 is 1.92 bits per heavy atom. The van der Waals surface area contributed by atoms with E-state index in [0.29, 0.717) is 16.5 Å². The van der Waals surface area contributed by atoms with Crippen molar-refractivity contribution in [1.82, 2.24) is 0 Å². The Balaban J connectivity index is 2.13. The second kappa shape index (κ2) is 6.31. The highest BCUT2D eigenvalue weighted by Crippen LogP contribution is 2.31. The summed E-state index contributed by atoms with van der Waals surface area (Å²) in [6, 6.07) is 6.98. The van der Waals surface area contributed by atoms with Gasteiger partial charge in [-0.05, 0) is 42.2 Å². The van der Waals surface area contributed by atoms with Crippen LogP contribution in [-0.4, -0.2) is 40.5 Å². The Morgan fingerprint density at radius 1 is 1.17 bits per heavy atom. The van der Waals surface area contributed by atoms with Crippen molar-refractivity contribution < 1.29 is 27.2 Å². The van der Waals surface area contributed by atoms with Crippen LogP contribution in [0.25, 0.3) is 0 Å². The molecule has 1 aromatic carbocycles. The Hall–Kier alpha value is -2.29. The lowest BCUT2D eigenvalue weighted by molar-refractivity contribution is -0.560. The van der Waals surface area contributed by atoms with Gasteiger partial charge in [-0.2, -0.15) is 13.2 Å². The summed E-state index contributed by atoms with van der Waals surface area (Å²) in [5, 5.41) is 8.18. The molecule has 0 amide bonds. The summed E-state index contributed by atoms with van der Waals surface area (Å²) in [7, 11) is 0. The van der Waals surface area contributed by atoms with Crippen LogP contribution in [0.2, 0.25) is 0 Å². The van der Waals surface area contributed by atoms with Gasteiger partial charge in [0.1, 0.15) is 12.0 Å². The van der Waals surface area contributed by atoms with E-state index in [1.54, 1.807) is 36.7 Å². The smallest absolute Gasteiger partial charge is 0.419 e. The molecule has 0 N–H and O–H groups in total. The standard InChI is InChI=1S/C15H13F3N3O2S/c1-9-7-12(15(16,17)18)23-14-21(13(24-2)20-19-9)8-10-5-3-4-6-11(10)22-14/h3-8,14H,1-2H3/q+1/b12-7-,19-9+,20-13+. The summed E-state index contributed by atoms with van der Waals surface area (Å²) < 4.78 is 51.8. The number of para-hydroxylation sites is 1. The molecule has 2 heterocycles. The minimum Gasteiger partial charge on any atom is -0.419 e. The number of allylic oxidation sites excluding steroid dienone is 2. The first-order valence-corrected chi connectivity index (χ1v) is 8.11. The van der Waals surface area contributed by atoms with Crippen LogP contribution in [0.15, 0.2) is 46.3 Å². The predicted octanol–water partition coefficient (Wildman–Crippen LogP) is 3.37. The highest BCUT2D eigenvalue weighted by molar-refractivity contribution is 8.12. The minimum atomic E-state index is -4.67. The molecule has 0 radical (unpaired) electrons. The number of amidine groups is 1. The first-order chi connectivity index (χ1) is 11.4. The highest BCUT2D eigenvalue weighted by Gasteiger charge is 2.42. The zero-order valence-electron chi connectivity index (χ0n) is 12.7. The molecule has 1 unspecified atom stereocenters. The third-order valence-corrected chi connectivity index (χ3v) is 3.85. The van der Waals surface area contributed by atoms with E-state index in [4.69, 9.17) is 9.47 Å². The third kappa shape index (κ3) is 3.30. The average Bonchev–Trinajstić information content (AvgIpc) is 2.59. The molecular weight excluding hydrogens is 343 g/mol. The lowest BCUT2D eigenvalue weighted by Gasteiger charge is -2.25. The van der Waals surface area contributed by atoms with Crippen molar-refractivity contribution in [3.05, 3.63) is 41.7 Å². The number of nitrogens with zero attached hydrogens (tertiary/aromatic N) is 3. The molecule has 3 rings (SSSR count). The maximum Gasteiger partial charge on any atom is 0.449 e. The minimum absolute atomic E-state index is 0.0752. The fourth-order valence-corrected chi connectivity index (χ4v) is 2.60. The van der Waals surface area contributed by atoms with E-state index in [1.165, 1.54) is 23.3 Å². The molecular formula is C15H13F3N3O2S+. The van der Waals surface area contributed by atoms with Crippen molar-refractivity contribution in [3.63, 3.8) is 0 Å². The van der Waals surface area contributed by atoms with Crippen molar-refractivity contribution in [2.75, 3.05) is 6.26 Å². The van der Waals surface area contributed by atoms with E-state index in [0.717, 1.165) is 6.08 Å². The average molecular weight is 356 g/mol. The number of rotatable bonds is 0. The summed E-state index contributed by atoms with van der Waals surface area (Å²) >= 11 is 1.22. The number of halogens is 3. The molecule has 5 nitrogen and oxygen atoms in total. The van der Waals surface area contributed by atoms with Crippen LogP contribution in [0.1, 0.15) is 12.5 Å². The molecule has 9 heteroatoms. The topological polar surface area (TPSA) is 46.2 Å². The Bertz CT molecular complexity index is 784. The van der Waals surface area contributed by atoms with Gasteiger partial charge in [-0.15, -0.1) is 4.58 Å². The van der Waals surface area contributed by atoms with Crippen molar-refractivity contribution in [2.45, 2.75) is 19.5 Å². The fraction of sp³-hybridized carbons (Fsp3) is 0.267. The van der Waals surface area contributed by atoms with Crippen molar-refractivity contribution in [2.24, 2.45) is 10.2 Å². The first kappa shape index (κ1) is 16.6. The van der Waals surface area contributed by atoms with E-state index in [1.807, 2.05) is 0 Å². The van der Waals surface area contributed by atoms with Crippen LogP contribution >= 0.6 is 11.8 Å². The number of hydrogen-bond acceptors (Lipinski definition) is 5. The van der Waals surface area contributed by atoms with Crippen molar-refractivity contribution in [3.8, 4) is 5.75 Å². The molecule has 2 aliphatic heterocycles. The monoisotopic (exact) mass is 356 g/mol. The Morgan fingerprint density at radius 3 is 2.62 bits per heavy atom.